The maximum absolute atomic E-state index is 12.1. The highest BCUT2D eigenvalue weighted by Gasteiger charge is 2.26. The van der Waals surface area contributed by atoms with Crippen LogP contribution in [0, 0.1) is 0 Å². The van der Waals surface area contributed by atoms with Gasteiger partial charge in [0.15, 0.2) is 0 Å². The molecule has 1 saturated heterocycles. The molecular formula is C16H17ClN2O3. The average molecular weight is 321 g/mol. The van der Waals surface area contributed by atoms with Crippen LogP contribution in [-0.2, 0) is 11.3 Å². The van der Waals surface area contributed by atoms with Gasteiger partial charge in [-0.05, 0) is 30.0 Å². The first kappa shape index (κ1) is 14.9. The van der Waals surface area contributed by atoms with Gasteiger partial charge in [-0.2, -0.15) is 0 Å². The predicted molar refractivity (Wildman–Crippen MR) is 81.7 cm³/mol. The molecule has 0 atom stereocenters. The van der Waals surface area contributed by atoms with Gasteiger partial charge in [0.2, 0.25) is 0 Å². The van der Waals surface area contributed by atoms with Gasteiger partial charge in [-0.3, -0.25) is 0 Å². The van der Waals surface area contributed by atoms with E-state index in [1.165, 1.54) is 0 Å². The van der Waals surface area contributed by atoms with Crippen LogP contribution in [0.2, 0.25) is 5.35 Å². The Kier molecular flexibility index (Phi) is 4.63. The monoisotopic (exact) mass is 320 g/mol. The number of oxazole rings is 1. The van der Waals surface area contributed by atoms with E-state index < -0.39 is 0 Å². The molecule has 2 aromatic rings. The Balaban J connectivity index is 1.47. The topological polar surface area (TPSA) is 55.6 Å². The van der Waals surface area contributed by atoms with Crippen LogP contribution in [-0.4, -0.2) is 29.1 Å². The summed E-state index contributed by atoms with van der Waals surface area (Å²) in [4.78, 5) is 17.9. The maximum atomic E-state index is 12.1. The number of hydrogen-bond donors (Lipinski definition) is 0. The largest absolute Gasteiger partial charge is 0.445 e. The van der Waals surface area contributed by atoms with E-state index in [4.69, 9.17) is 20.8 Å². The zero-order valence-electron chi connectivity index (χ0n) is 12.1. The molecule has 0 unspecified atom stereocenters. The van der Waals surface area contributed by atoms with E-state index in [1.54, 1.807) is 11.2 Å². The number of nitrogens with zero attached hydrogens (tertiary/aromatic N) is 2. The van der Waals surface area contributed by atoms with Crippen molar-refractivity contribution in [3.05, 3.63) is 53.2 Å². The lowest BCUT2D eigenvalue weighted by molar-refractivity contribution is 0.0868. The van der Waals surface area contributed by atoms with Gasteiger partial charge in [0.25, 0.3) is 5.35 Å². The van der Waals surface area contributed by atoms with Gasteiger partial charge in [-0.15, -0.1) is 0 Å². The summed E-state index contributed by atoms with van der Waals surface area (Å²) in [5.74, 6) is 0.287. The molecule has 6 heteroatoms. The van der Waals surface area contributed by atoms with Crippen molar-refractivity contribution in [3.8, 4) is 0 Å². The van der Waals surface area contributed by atoms with E-state index in [-0.39, 0.29) is 17.4 Å². The molecule has 0 saturated carbocycles. The molecule has 22 heavy (non-hydrogen) atoms. The van der Waals surface area contributed by atoms with Crippen molar-refractivity contribution in [1.29, 1.82) is 0 Å². The van der Waals surface area contributed by atoms with Gasteiger partial charge in [0, 0.05) is 19.0 Å². The van der Waals surface area contributed by atoms with Crippen LogP contribution in [0.15, 0.2) is 41.0 Å². The van der Waals surface area contributed by atoms with E-state index in [1.807, 2.05) is 30.3 Å². The number of amides is 1. The Morgan fingerprint density at radius 1 is 1.32 bits per heavy atom. The number of halogens is 1. The standard InChI is InChI=1S/C16H17ClN2O3/c17-15-18-14(11-21-15)13-6-8-19(9-7-13)16(20)22-10-12-4-2-1-3-5-12/h1-5,11,13H,6-10H2. The molecule has 0 spiro atoms. The van der Waals surface area contributed by atoms with Gasteiger partial charge in [0.1, 0.15) is 12.9 Å². The van der Waals surface area contributed by atoms with Crippen LogP contribution in [0.5, 0.6) is 0 Å². The molecular weight excluding hydrogens is 304 g/mol. The number of carbonyl (C=O) groups is 1. The van der Waals surface area contributed by atoms with Crippen molar-refractivity contribution in [1.82, 2.24) is 9.88 Å². The minimum atomic E-state index is -0.263. The lowest BCUT2D eigenvalue weighted by Gasteiger charge is -2.30. The first-order valence-corrected chi connectivity index (χ1v) is 7.67. The van der Waals surface area contributed by atoms with Gasteiger partial charge < -0.3 is 14.1 Å². The van der Waals surface area contributed by atoms with Crippen molar-refractivity contribution in [3.63, 3.8) is 0 Å². The Hall–Kier alpha value is -2.01. The fraction of sp³-hybridized carbons (Fsp3) is 0.375. The van der Waals surface area contributed by atoms with E-state index in [9.17, 15) is 4.79 Å². The Labute approximate surface area is 133 Å². The smallest absolute Gasteiger partial charge is 0.410 e. The lowest BCUT2D eigenvalue weighted by Crippen LogP contribution is -2.38. The molecule has 1 fully saturated rings. The number of aromatic nitrogens is 1. The first-order valence-electron chi connectivity index (χ1n) is 7.29. The minimum absolute atomic E-state index is 0.166. The Morgan fingerprint density at radius 3 is 2.68 bits per heavy atom. The summed E-state index contributed by atoms with van der Waals surface area (Å²) >= 11 is 5.70. The summed E-state index contributed by atoms with van der Waals surface area (Å²) in [6.45, 7) is 1.62. The molecule has 0 radical (unpaired) electrons. The molecule has 2 heterocycles. The maximum Gasteiger partial charge on any atom is 0.410 e. The molecule has 3 rings (SSSR count). The fourth-order valence-electron chi connectivity index (χ4n) is 2.62. The molecule has 0 aliphatic carbocycles. The highest BCUT2D eigenvalue weighted by Crippen LogP contribution is 2.28. The second-order valence-electron chi connectivity index (χ2n) is 5.33. The zero-order chi connectivity index (χ0) is 15.4. The van der Waals surface area contributed by atoms with Crippen LogP contribution in [0.3, 0.4) is 0 Å². The summed E-state index contributed by atoms with van der Waals surface area (Å²) in [6, 6.07) is 9.67. The van der Waals surface area contributed by atoms with Crippen molar-refractivity contribution in [2.45, 2.75) is 25.4 Å². The van der Waals surface area contributed by atoms with Crippen molar-refractivity contribution < 1.29 is 13.9 Å². The van der Waals surface area contributed by atoms with Crippen LogP contribution in [0.4, 0.5) is 4.79 Å². The number of benzene rings is 1. The average Bonchev–Trinajstić information content (AvgIpc) is 3.00. The quantitative estimate of drug-likeness (QED) is 0.862. The molecule has 1 aliphatic heterocycles. The SMILES string of the molecule is O=C(OCc1ccccc1)N1CCC(c2coc(Cl)n2)CC1. The zero-order valence-corrected chi connectivity index (χ0v) is 12.8. The number of piperidine rings is 1. The normalized spacial score (nSPS) is 15.8. The second kappa shape index (κ2) is 6.83. The minimum Gasteiger partial charge on any atom is -0.445 e. The highest BCUT2D eigenvalue weighted by molar-refractivity contribution is 6.27. The van der Waals surface area contributed by atoms with Crippen molar-refractivity contribution >= 4 is 17.7 Å². The number of rotatable bonds is 3. The van der Waals surface area contributed by atoms with Crippen LogP contribution in [0.25, 0.3) is 0 Å². The molecule has 1 aliphatic rings. The molecule has 116 valence electrons. The van der Waals surface area contributed by atoms with E-state index >= 15 is 0 Å². The van der Waals surface area contributed by atoms with Gasteiger partial charge in [0.05, 0.1) is 5.69 Å². The fourth-order valence-corrected chi connectivity index (χ4v) is 2.76. The highest BCUT2D eigenvalue weighted by atomic mass is 35.5. The van der Waals surface area contributed by atoms with Crippen LogP contribution in [0.1, 0.15) is 30.0 Å². The summed E-state index contributed by atoms with van der Waals surface area (Å²) in [5.41, 5.74) is 1.85. The third-order valence-corrected chi connectivity index (χ3v) is 4.04. The molecule has 1 amide bonds. The molecule has 0 bridgehead atoms. The summed E-state index contributed by atoms with van der Waals surface area (Å²) in [5, 5.41) is 0.166. The molecule has 0 N–H and O–H groups in total. The van der Waals surface area contributed by atoms with E-state index in [0.717, 1.165) is 24.1 Å². The lowest BCUT2D eigenvalue weighted by atomic mass is 9.94. The third kappa shape index (κ3) is 3.60. The van der Waals surface area contributed by atoms with Crippen LogP contribution >= 0.6 is 11.6 Å². The Bertz CT molecular complexity index is 621. The summed E-state index contributed by atoms with van der Waals surface area (Å²) < 4.78 is 10.4. The molecule has 1 aromatic carbocycles. The van der Waals surface area contributed by atoms with E-state index in [0.29, 0.717) is 19.7 Å². The van der Waals surface area contributed by atoms with Crippen molar-refractivity contribution in [2.24, 2.45) is 0 Å². The van der Waals surface area contributed by atoms with E-state index in [2.05, 4.69) is 4.98 Å². The second-order valence-corrected chi connectivity index (χ2v) is 5.65. The molecule has 1 aromatic heterocycles. The van der Waals surface area contributed by atoms with Crippen molar-refractivity contribution in [2.75, 3.05) is 13.1 Å². The first-order chi connectivity index (χ1) is 10.7. The Morgan fingerprint density at radius 2 is 2.05 bits per heavy atom. The third-order valence-electron chi connectivity index (χ3n) is 3.87. The predicted octanol–water partition coefficient (Wildman–Crippen LogP) is 3.84. The van der Waals surface area contributed by atoms with Gasteiger partial charge >= 0.3 is 6.09 Å². The summed E-state index contributed by atoms with van der Waals surface area (Å²) in [6.07, 6.45) is 3.00. The number of likely N-dealkylation sites (tertiary alicyclic amines) is 1. The summed E-state index contributed by atoms with van der Waals surface area (Å²) in [7, 11) is 0. The van der Waals surface area contributed by atoms with Crippen LogP contribution < -0.4 is 0 Å². The van der Waals surface area contributed by atoms with Gasteiger partial charge in [-0.25, -0.2) is 9.78 Å². The number of hydrogen-bond acceptors (Lipinski definition) is 4. The number of ether oxygens (including phenoxy) is 1. The molecule has 5 nitrogen and oxygen atoms in total. The van der Waals surface area contributed by atoms with Gasteiger partial charge in [-0.1, -0.05) is 30.3 Å². The number of carbonyl (C=O) groups excluding carboxylic acids is 1.